The lowest BCUT2D eigenvalue weighted by molar-refractivity contribution is 0.251. The standard InChI is InChI=1S/C26H27F2N3O/c1-18-15-19(17-31-14-5-4-8-20-7-2-3-11-24(20)31)12-13-21(18)16-29-26(32)30-25-22(27)9-6-10-23(25)28/h2-3,6-7,9-13,15H,4-5,8,14,16-17H2,1H3,(H2,29,30,32). The van der Waals surface area contributed by atoms with Crippen LogP contribution in [0.15, 0.2) is 60.7 Å². The summed E-state index contributed by atoms with van der Waals surface area (Å²) >= 11 is 0. The van der Waals surface area contributed by atoms with E-state index < -0.39 is 23.4 Å². The minimum Gasteiger partial charge on any atom is -0.367 e. The van der Waals surface area contributed by atoms with Crippen molar-refractivity contribution in [1.29, 1.82) is 0 Å². The summed E-state index contributed by atoms with van der Waals surface area (Å²) in [6.07, 6.45) is 3.50. The molecule has 0 radical (unpaired) electrons. The van der Waals surface area contributed by atoms with Crippen molar-refractivity contribution in [2.45, 2.75) is 39.3 Å². The molecule has 4 nitrogen and oxygen atoms in total. The fourth-order valence-electron chi connectivity index (χ4n) is 4.16. The number of anilines is 2. The monoisotopic (exact) mass is 435 g/mol. The number of rotatable bonds is 5. The molecule has 0 aliphatic carbocycles. The highest BCUT2D eigenvalue weighted by atomic mass is 19.1. The van der Waals surface area contributed by atoms with Crippen LogP contribution in [0.2, 0.25) is 0 Å². The van der Waals surface area contributed by atoms with Gasteiger partial charge < -0.3 is 15.5 Å². The molecule has 0 bridgehead atoms. The van der Waals surface area contributed by atoms with Gasteiger partial charge in [-0.15, -0.1) is 0 Å². The summed E-state index contributed by atoms with van der Waals surface area (Å²) in [5.41, 5.74) is 5.48. The number of carbonyl (C=O) groups excluding carboxylic acids is 1. The van der Waals surface area contributed by atoms with Gasteiger partial charge in [0.05, 0.1) is 0 Å². The number of nitrogens with one attached hydrogen (secondary N) is 2. The van der Waals surface area contributed by atoms with E-state index in [9.17, 15) is 13.6 Å². The van der Waals surface area contributed by atoms with Crippen molar-refractivity contribution < 1.29 is 13.6 Å². The first kappa shape index (κ1) is 21.8. The van der Waals surface area contributed by atoms with E-state index in [4.69, 9.17) is 0 Å². The van der Waals surface area contributed by atoms with Crippen molar-refractivity contribution in [3.63, 3.8) is 0 Å². The predicted molar refractivity (Wildman–Crippen MR) is 124 cm³/mol. The number of benzene rings is 3. The van der Waals surface area contributed by atoms with Gasteiger partial charge in [-0.05, 0) is 66.6 Å². The zero-order valence-electron chi connectivity index (χ0n) is 18.1. The van der Waals surface area contributed by atoms with Crippen molar-refractivity contribution in [3.05, 3.63) is 94.6 Å². The van der Waals surface area contributed by atoms with Crippen LogP contribution in [0.25, 0.3) is 0 Å². The smallest absolute Gasteiger partial charge is 0.319 e. The Hall–Kier alpha value is -3.41. The van der Waals surface area contributed by atoms with Crippen LogP contribution < -0.4 is 15.5 Å². The molecule has 1 heterocycles. The Labute approximate surface area is 187 Å². The average Bonchev–Trinajstić information content (AvgIpc) is 2.98. The summed E-state index contributed by atoms with van der Waals surface area (Å²) in [5, 5.41) is 4.91. The van der Waals surface area contributed by atoms with Crippen LogP contribution in [-0.4, -0.2) is 12.6 Å². The van der Waals surface area contributed by atoms with E-state index in [-0.39, 0.29) is 6.54 Å². The zero-order chi connectivity index (χ0) is 22.5. The average molecular weight is 436 g/mol. The Morgan fingerprint density at radius 3 is 2.56 bits per heavy atom. The molecule has 0 spiro atoms. The SMILES string of the molecule is Cc1cc(CN2CCCCc3ccccc32)ccc1CNC(=O)Nc1c(F)cccc1F. The molecule has 2 amide bonds. The number of urea groups is 1. The summed E-state index contributed by atoms with van der Waals surface area (Å²) in [6.45, 7) is 4.14. The highest BCUT2D eigenvalue weighted by molar-refractivity contribution is 5.89. The van der Waals surface area contributed by atoms with Crippen LogP contribution in [0.3, 0.4) is 0 Å². The van der Waals surface area contributed by atoms with Gasteiger partial charge in [0.15, 0.2) is 0 Å². The summed E-state index contributed by atoms with van der Waals surface area (Å²) in [7, 11) is 0. The van der Waals surface area contributed by atoms with Gasteiger partial charge in [0.2, 0.25) is 0 Å². The van der Waals surface area contributed by atoms with Crippen molar-refractivity contribution in [2.24, 2.45) is 0 Å². The van der Waals surface area contributed by atoms with E-state index in [1.165, 1.54) is 35.7 Å². The van der Waals surface area contributed by atoms with Crippen LogP contribution in [0.1, 0.15) is 35.1 Å². The van der Waals surface area contributed by atoms with Gasteiger partial charge >= 0.3 is 6.03 Å². The summed E-state index contributed by atoms with van der Waals surface area (Å²) in [5.74, 6) is -1.62. The summed E-state index contributed by atoms with van der Waals surface area (Å²) < 4.78 is 27.4. The van der Waals surface area contributed by atoms with E-state index in [1.807, 2.05) is 13.0 Å². The van der Waals surface area contributed by atoms with Crippen molar-refractivity contribution in [3.8, 4) is 0 Å². The van der Waals surface area contributed by atoms with Gasteiger partial charge in [-0.1, -0.05) is 42.5 Å². The molecule has 1 aliphatic rings. The quantitative estimate of drug-likeness (QED) is 0.521. The van der Waals surface area contributed by atoms with Crippen LogP contribution in [0, 0.1) is 18.6 Å². The third-order valence-electron chi connectivity index (χ3n) is 5.88. The van der Waals surface area contributed by atoms with E-state index >= 15 is 0 Å². The highest BCUT2D eigenvalue weighted by Crippen LogP contribution is 2.28. The van der Waals surface area contributed by atoms with E-state index in [1.54, 1.807) is 0 Å². The number of hydrogen-bond acceptors (Lipinski definition) is 2. The molecule has 0 saturated heterocycles. The van der Waals surface area contributed by atoms with Gasteiger partial charge in [-0.25, -0.2) is 13.6 Å². The molecule has 166 valence electrons. The van der Waals surface area contributed by atoms with Gasteiger partial charge in [-0.3, -0.25) is 0 Å². The molecule has 3 aromatic carbocycles. The predicted octanol–water partition coefficient (Wildman–Crippen LogP) is 5.94. The lowest BCUT2D eigenvalue weighted by atomic mass is 10.0. The molecule has 2 N–H and O–H groups in total. The third kappa shape index (κ3) is 5.07. The first-order valence-electron chi connectivity index (χ1n) is 10.9. The molecule has 1 aliphatic heterocycles. The van der Waals surface area contributed by atoms with Gasteiger partial charge in [-0.2, -0.15) is 0 Å². The first-order chi connectivity index (χ1) is 15.5. The zero-order valence-corrected chi connectivity index (χ0v) is 18.1. The molecule has 4 rings (SSSR count). The lowest BCUT2D eigenvalue weighted by Gasteiger charge is -2.25. The number of fused-ring (bicyclic) bond motifs is 1. The largest absolute Gasteiger partial charge is 0.367 e. The summed E-state index contributed by atoms with van der Waals surface area (Å²) in [4.78, 5) is 14.6. The maximum absolute atomic E-state index is 13.7. The first-order valence-corrected chi connectivity index (χ1v) is 10.9. The Balaban J connectivity index is 1.39. The Morgan fingerprint density at radius 2 is 1.78 bits per heavy atom. The summed E-state index contributed by atoms with van der Waals surface area (Å²) in [6, 6.07) is 17.6. The van der Waals surface area contributed by atoms with E-state index in [0.29, 0.717) is 0 Å². The molecule has 0 atom stereocenters. The maximum atomic E-state index is 13.7. The fourth-order valence-corrected chi connectivity index (χ4v) is 4.16. The van der Waals surface area contributed by atoms with Crippen LogP contribution in [-0.2, 0) is 19.5 Å². The van der Waals surface area contributed by atoms with Gasteiger partial charge in [0.25, 0.3) is 0 Å². The fraction of sp³-hybridized carbons (Fsp3) is 0.269. The van der Waals surface area contributed by atoms with E-state index in [2.05, 4.69) is 51.9 Å². The van der Waals surface area contributed by atoms with Gasteiger partial charge in [0, 0.05) is 25.3 Å². The molecule has 32 heavy (non-hydrogen) atoms. The Morgan fingerprint density at radius 1 is 1.00 bits per heavy atom. The molecular weight excluding hydrogens is 408 g/mol. The molecule has 3 aromatic rings. The van der Waals surface area contributed by atoms with E-state index in [0.717, 1.165) is 42.8 Å². The van der Waals surface area contributed by atoms with Gasteiger partial charge in [0.1, 0.15) is 17.3 Å². The molecular formula is C26H27F2N3O. The highest BCUT2D eigenvalue weighted by Gasteiger charge is 2.16. The minimum absolute atomic E-state index is 0.264. The molecule has 0 saturated carbocycles. The Bertz CT molecular complexity index is 1100. The van der Waals surface area contributed by atoms with Crippen LogP contribution in [0.4, 0.5) is 25.0 Å². The topological polar surface area (TPSA) is 44.4 Å². The number of aryl methyl sites for hydroxylation is 2. The maximum Gasteiger partial charge on any atom is 0.319 e. The second kappa shape index (κ2) is 9.81. The minimum atomic E-state index is -0.809. The number of para-hydroxylation sites is 2. The lowest BCUT2D eigenvalue weighted by Crippen LogP contribution is -2.29. The van der Waals surface area contributed by atoms with Crippen molar-refractivity contribution in [1.82, 2.24) is 5.32 Å². The number of nitrogens with zero attached hydrogens (tertiary/aromatic N) is 1. The van der Waals surface area contributed by atoms with Crippen molar-refractivity contribution in [2.75, 3.05) is 16.8 Å². The molecule has 0 unspecified atom stereocenters. The molecule has 0 aromatic heterocycles. The van der Waals surface area contributed by atoms with Crippen LogP contribution >= 0.6 is 0 Å². The normalized spacial score (nSPS) is 13.3. The number of halogens is 2. The number of amides is 2. The van der Waals surface area contributed by atoms with Crippen LogP contribution in [0.5, 0.6) is 0 Å². The molecule has 6 heteroatoms. The Kier molecular flexibility index (Phi) is 6.69. The number of carbonyl (C=O) groups is 1. The number of hydrogen-bond donors (Lipinski definition) is 2. The van der Waals surface area contributed by atoms with Crippen molar-refractivity contribution >= 4 is 17.4 Å². The second-order valence-electron chi connectivity index (χ2n) is 8.17. The molecule has 0 fully saturated rings. The third-order valence-corrected chi connectivity index (χ3v) is 5.88. The second-order valence-corrected chi connectivity index (χ2v) is 8.17.